The Hall–Kier alpha value is -0.970. The van der Waals surface area contributed by atoms with E-state index in [-0.39, 0.29) is 11.9 Å². The fourth-order valence-corrected chi connectivity index (χ4v) is 2.11. The first-order chi connectivity index (χ1) is 9.02. The summed E-state index contributed by atoms with van der Waals surface area (Å²) in [5.41, 5.74) is 7.00. The molecular formula is C15H25FN2O. The fourth-order valence-electron chi connectivity index (χ4n) is 2.11. The monoisotopic (exact) mass is 268 g/mol. The lowest BCUT2D eigenvalue weighted by Gasteiger charge is -2.27. The largest absolute Gasteiger partial charge is 0.383 e. The summed E-state index contributed by atoms with van der Waals surface area (Å²) in [5, 5.41) is 0. The van der Waals surface area contributed by atoms with Crippen molar-refractivity contribution in [3.8, 4) is 0 Å². The van der Waals surface area contributed by atoms with Crippen LogP contribution in [0.3, 0.4) is 0 Å². The van der Waals surface area contributed by atoms with Crippen molar-refractivity contribution < 1.29 is 9.13 Å². The van der Waals surface area contributed by atoms with Gasteiger partial charge in [0.05, 0.1) is 6.61 Å². The third kappa shape index (κ3) is 6.14. The molecule has 0 amide bonds. The molecule has 0 aliphatic rings. The van der Waals surface area contributed by atoms with Crippen LogP contribution in [0.5, 0.6) is 0 Å². The van der Waals surface area contributed by atoms with Gasteiger partial charge in [0.1, 0.15) is 5.82 Å². The normalized spacial score (nSPS) is 13.2. The molecule has 1 atom stereocenters. The average molecular weight is 268 g/mol. The molecule has 0 radical (unpaired) electrons. The maximum atomic E-state index is 13.2. The zero-order chi connectivity index (χ0) is 14.3. The third-order valence-corrected chi connectivity index (χ3v) is 2.97. The van der Waals surface area contributed by atoms with Gasteiger partial charge in [-0.05, 0) is 23.6 Å². The molecule has 0 aliphatic heterocycles. The van der Waals surface area contributed by atoms with Gasteiger partial charge in [-0.15, -0.1) is 0 Å². The Morgan fingerprint density at radius 1 is 1.32 bits per heavy atom. The van der Waals surface area contributed by atoms with Crippen molar-refractivity contribution in [1.82, 2.24) is 4.90 Å². The van der Waals surface area contributed by atoms with Crippen molar-refractivity contribution in [3.63, 3.8) is 0 Å². The maximum absolute atomic E-state index is 13.2. The first-order valence-corrected chi connectivity index (χ1v) is 6.75. The Bertz CT molecular complexity index is 371. The molecule has 0 heterocycles. The second-order valence-electron chi connectivity index (χ2n) is 5.31. The van der Waals surface area contributed by atoms with Crippen LogP contribution in [0.25, 0.3) is 0 Å². The van der Waals surface area contributed by atoms with Gasteiger partial charge in [-0.2, -0.15) is 0 Å². The molecule has 1 unspecified atom stereocenters. The lowest BCUT2D eigenvalue weighted by atomic mass is 10.1. The molecule has 0 aliphatic carbocycles. The van der Waals surface area contributed by atoms with Gasteiger partial charge in [0.2, 0.25) is 0 Å². The first kappa shape index (κ1) is 16.1. The number of hydrogen-bond donors (Lipinski definition) is 1. The number of benzene rings is 1. The maximum Gasteiger partial charge on any atom is 0.123 e. The van der Waals surface area contributed by atoms with Crippen molar-refractivity contribution in [2.45, 2.75) is 19.9 Å². The Morgan fingerprint density at radius 2 is 2.05 bits per heavy atom. The van der Waals surface area contributed by atoms with Crippen LogP contribution in [-0.2, 0) is 4.74 Å². The number of hydrogen-bond acceptors (Lipinski definition) is 3. The van der Waals surface area contributed by atoms with Crippen molar-refractivity contribution in [2.24, 2.45) is 11.7 Å². The number of methoxy groups -OCH3 is 1. The Balaban J connectivity index is 2.61. The molecule has 0 saturated carbocycles. The molecule has 2 N–H and O–H groups in total. The molecule has 0 bridgehead atoms. The van der Waals surface area contributed by atoms with E-state index in [4.69, 9.17) is 10.5 Å². The van der Waals surface area contributed by atoms with E-state index < -0.39 is 0 Å². The summed E-state index contributed by atoms with van der Waals surface area (Å²) in [6.45, 7) is 7.55. The van der Waals surface area contributed by atoms with E-state index >= 15 is 0 Å². The van der Waals surface area contributed by atoms with Crippen molar-refractivity contribution in [3.05, 3.63) is 35.6 Å². The van der Waals surface area contributed by atoms with Gasteiger partial charge in [0.15, 0.2) is 0 Å². The van der Waals surface area contributed by atoms with E-state index in [2.05, 4.69) is 18.7 Å². The highest BCUT2D eigenvalue weighted by molar-refractivity contribution is 5.20. The fraction of sp³-hybridized carbons (Fsp3) is 0.600. The molecule has 1 aromatic rings. The molecule has 108 valence electrons. The molecule has 4 heteroatoms. The molecule has 0 saturated heterocycles. The van der Waals surface area contributed by atoms with Gasteiger partial charge in [-0.25, -0.2) is 4.39 Å². The molecule has 0 spiro atoms. The van der Waals surface area contributed by atoms with Crippen LogP contribution >= 0.6 is 0 Å². The topological polar surface area (TPSA) is 38.5 Å². The SMILES string of the molecule is COCCN(CC(C)C)CC(N)c1cccc(F)c1. The van der Waals surface area contributed by atoms with Gasteiger partial charge in [0, 0.05) is 32.8 Å². The van der Waals surface area contributed by atoms with E-state index in [1.807, 2.05) is 6.07 Å². The highest BCUT2D eigenvalue weighted by atomic mass is 19.1. The van der Waals surface area contributed by atoms with Crippen molar-refractivity contribution in [1.29, 1.82) is 0 Å². The predicted octanol–water partition coefficient (Wildman–Crippen LogP) is 2.43. The number of halogens is 1. The molecular weight excluding hydrogens is 243 g/mol. The average Bonchev–Trinajstić information content (AvgIpc) is 2.35. The van der Waals surface area contributed by atoms with E-state index in [0.717, 1.165) is 18.7 Å². The smallest absolute Gasteiger partial charge is 0.123 e. The van der Waals surface area contributed by atoms with Gasteiger partial charge in [-0.1, -0.05) is 26.0 Å². The lowest BCUT2D eigenvalue weighted by Crippen LogP contribution is -2.37. The Kier molecular flexibility index (Phi) is 6.99. The van der Waals surface area contributed by atoms with E-state index in [1.165, 1.54) is 12.1 Å². The molecule has 1 rings (SSSR count). The quantitative estimate of drug-likeness (QED) is 0.787. The highest BCUT2D eigenvalue weighted by Crippen LogP contribution is 2.14. The Labute approximate surface area is 115 Å². The first-order valence-electron chi connectivity index (χ1n) is 6.75. The zero-order valence-corrected chi connectivity index (χ0v) is 12.1. The minimum absolute atomic E-state index is 0.175. The van der Waals surface area contributed by atoms with Gasteiger partial charge < -0.3 is 10.5 Å². The summed E-state index contributed by atoms with van der Waals surface area (Å²) in [7, 11) is 1.69. The van der Waals surface area contributed by atoms with Crippen LogP contribution in [0, 0.1) is 11.7 Å². The summed E-state index contributed by atoms with van der Waals surface area (Å²) < 4.78 is 18.3. The third-order valence-electron chi connectivity index (χ3n) is 2.97. The molecule has 0 aromatic heterocycles. The lowest BCUT2D eigenvalue weighted by molar-refractivity contribution is 0.136. The number of nitrogens with zero attached hydrogens (tertiary/aromatic N) is 1. The van der Waals surface area contributed by atoms with E-state index in [9.17, 15) is 4.39 Å². The van der Waals surface area contributed by atoms with Gasteiger partial charge in [-0.3, -0.25) is 4.90 Å². The number of ether oxygens (including phenoxy) is 1. The minimum Gasteiger partial charge on any atom is -0.383 e. The molecule has 3 nitrogen and oxygen atoms in total. The van der Waals surface area contributed by atoms with E-state index in [1.54, 1.807) is 13.2 Å². The van der Waals surface area contributed by atoms with Crippen LogP contribution < -0.4 is 5.73 Å². The number of rotatable bonds is 8. The van der Waals surface area contributed by atoms with E-state index in [0.29, 0.717) is 19.1 Å². The number of nitrogens with two attached hydrogens (primary N) is 1. The molecule has 0 fully saturated rings. The Morgan fingerprint density at radius 3 is 2.63 bits per heavy atom. The minimum atomic E-state index is -0.236. The van der Waals surface area contributed by atoms with Gasteiger partial charge >= 0.3 is 0 Å². The van der Waals surface area contributed by atoms with Gasteiger partial charge in [0.25, 0.3) is 0 Å². The van der Waals surface area contributed by atoms with Crippen molar-refractivity contribution in [2.75, 3.05) is 33.4 Å². The van der Waals surface area contributed by atoms with Crippen LogP contribution in [-0.4, -0.2) is 38.3 Å². The summed E-state index contributed by atoms with van der Waals surface area (Å²) in [6.07, 6.45) is 0. The predicted molar refractivity (Wildman–Crippen MR) is 76.5 cm³/mol. The summed E-state index contributed by atoms with van der Waals surface area (Å²) in [4.78, 5) is 2.27. The molecule has 19 heavy (non-hydrogen) atoms. The second-order valence-corrected chi connectivity index (χ2v) is 5.31. The highest BCUT2D eigenvalue weighted by Gasteiger charge is 2.14. The summed E-state index contributed by atoms with van der Waals surface area (Å²) in [6, 6.07) is 6.34. The molecule has 1 aromatic carbocycles. The van der Waals surface area contributed by atoms with Crippen LogP contribution in [0.1, 0.15) is 25.5 Å². The zero-order valence-electron chi connectivity index (χ0n) is 12.1. The van der Waals surface area contributed by atoms with Crippen LogP contribution in [0.4, 0.5) is 4.39 Å². The summed E-state index contributed by atoms with van der Waals surface area (Å²) >= 11 is 0. The second kappa shape index (κ2) is 8.25. The van der Waals surface area contributed by atoms with Crippen LogP contribution in [0.15, 0.2) is 24.3 Å². The standard InChI is InChI=1S/C15H25FN2O/c1-12(2)10-18(7-8-19-3)11-15(17)13-5-4-6-14(16)9-13/h4-6,9,12,15H,7-8,10-11,17H2,1-3H3. The van der Waals surface area contributed by atoms with Crippen molar-refractivity contribution >= 4 is 0 Å². The summed E-state index contributed by atoms with van der Waals surface area (Å²) in [5.74, 6) is 0.330. The van der Waals surface area contributed by atoms with Crippen LogP contribution in [0.2, 0.25) is 0 Å².